The van der Waals surface area contributed by atoms with E-state index in [0.717, 1.165) is 28.9 Å². The third kappa shape index (κ3) is 3.85. The molecule has 0 saturated heterocycles. The lowest BCUT2D eigenvalue weighted by molar-refractivity contribution is 0.384. The van der Waals surface area contributed by atoms with Crippen LogP contribution in [0.3, 0.4) is 0 Å². The van der Waals surface area contributed by atoms with Crippen LogP contribution in [-0.2, 0) is 12.2 Å². The zero-order chi connectivity index (χ0) is 12.1. The molecule has 3 nitrogen and oxygen atoms in total. The van der Waals surface area contributed by atoms with Crippen molar-refractivity contribution in [1.29, 1.82) is 0 Å². The molecule has 17 heavy (non-hydrogen) atoms. The molecule has 0 N–H and O–H groups in total. The van der Waals surface area contributed by atoms with Gasteiger partial charge in [-0.05, 0) is 30.7 Å². The first-order valence-corrected chi connectivity index (χ1v) is 7.25. The minimum absolute atomic E-state index is 0.696. The van der Waals surface area contributed by atoms with Crippen molar-refractivity contribution in [2.24, 2.45) is 0 Å². The molecule has 1 aromatic heterocycles. The van der Waals surface area contributed by atoms with Gasteiger partial charge in [-0.3, -0.25) is 0 Å². The number of nitrogens with zero attached hydrogens (tertiary/aromatic N) is 2. The van der Waals surface area contributed by atoms with Crippen LogP contribution in [0.25, 0.3) is 0 Å². The number of halogens is 1. The van der Waals surface area contributed by atoms with Crippen LogP contribution in [0.2, 0.25) is 0 Å². The summed E-state index contributed by atoms with van der Waals surface area (Å²) >= 11 is 5.11. The van der Waals surface area contributed by atoms with E-state index in [9.17, 15) is 0 Å². The molecule has 0 unspecified atom stereocenters. The monoisotopic (exact) mass is 312 g/mol. The molecule has 0 atom stereocenters. The van der Waals surface area contributed by atoms with Gasteiger partial charge in [-0.1, -0.05) is 28.0 Å². The van der Waals surface area contributed by atoms with Gasteiger partial charge in [0.15, 0.2) is 5.82 Å². The normalized spacial score (nSPS) is 10.7. The van der Waals surface area contributed by atoms with Crippen molar-refractivity contribution in [3.8, 4) is 0 Å². The van der Waals surface area contributed by atoms with E-state index in [1.807, 2.05) is 12.1 Å². The molecule has 0 amide bonds. The summed E-state index contributed by atoms with van der Waals surface area (Å²) in [6.45, 7) is 2.10. The standard InChI is InChI=1S/C12H13BrN2OS/c1-2-3-11-14-12(16-15-11)8-17-10-6-4-9(13)5-7-10/h4-7H,2-3,8H2,1H3. The highest BCUT2D eigenvalue weighted by Crippen LogP contribution is 2.23. The van der Waals surface area contributed by atoms with Gasteiger partial charge >= 0.3 is 0 Å². The van der Waals surface area contributed by atoms with Crippen molar-refractivity contribution in [3.63, 3.8) is 0 Å². The number of aryl methyl sites for hydroxylation is 1. The molecule has 90 valence electrons. The fraction of sp³-hybridized carbons (Fsp3) is 0.333. The van der Waals surface area contributed by atoms with Crippen molar-refractivity contribution in [1.82, 2.24) is 10.1 Å². The molecule has 2 rings (SSSR count). The molecule has 0 aliphatic carbocycles. The second kappa shape index (κ2) is 6.21. The first-order chi connectivity index (χ1) is 8.28. The molecule has 5 heteroatoms. The van der Waals surface area contributed by atoms with E-state index in [1.165, 1.54) is 4.90 Å². The number of rotatable bonds is 5. The molecule has 0 fully saturated rings. The van der Waals surface area contributed by atoms with Crippen LogP contribution >= 0.6 is 27.7 Å². The van der Waals surface area contributed by atoms with Crippen LogP contribution in [0.5, 0.6) is 0 Å². The highest BCUT2D eigenvalue weighted by atomic mass is 79.9. The Kier molecular flexibility index (Phi) is 4.62. The van der Waals surface area contributed by atoms with E-state index in [-0.39, 0.29) is 0 Å². The lowest BCUT2D eigenvalue weighted by Gasteiger charge is -1.97. The molecule has 2 aromatic rings. The van der Waals surface area contributed by atoms with Crippen LogP contribution in [0.1, 0.15) is 25.1 Å². The summed E-state index contributed by atoms with van der Waals surface area (Å²) in [5.41, 5.74) is 0. The summed E-state index contributed by atoms with van der Waals surface area (Å²) < 4.78 is 6.26. The SMILES string of the molecule is CCCc1noc(CSc2ccc(Br)cc2)n1. The van der Waals surface area contributed by atoms with Crippen LogP contribution in [0, 0.1) is 0 Å². The van der Waals surface area contributed by atoms with Gasteiger partial charge in [0.25, 0.3) is 0 Å². The summed E-state index contributed by atoms with van der Waals surface area (Å²) in [5.74, 6) is 2.22. The fourth-order valence-electron chi connectivity index (χ4n) is 1.35. The summed E-state index contributed by atoms with van der Waals surface area (Å²) in [6, 6.07) is 8.19. The van der Waals surface area contributed by atoms with Gasteiger partial charge in [0.05, 0.1) is 5.75 Å². The number of benzene rings is 1. The van der Waals surface area contributed by atoms with Gasteiger partial charge in [-0.2, -0.15) is 4.98 Å². The lowest BCUT2D eigenvalue weighted by Crippen LogP contribution is -1.86. The average Bonchev–Trinajstić information content (AvgIpc) is 2.77. The Morgan fingerprint density at radius 3 is 2.76 bits per heavy atom. The van der Waals surface area contributed by atoms with Gasteiger partial charge in [-0.25, -0.2) is 0 Å². The molecular weight excluding hydrogens is 300 g/mol. The second-order valence-electron chi connectivity index (χ2n) is 3.60. The van der Waals surface area contributed by atoms with Crippen LogP contribution in [-0.4, -0.2) is 10.1 Å². The van der Waals surface area contributed by atoms with Gasteiger partial charge in [-0.15, -0.1) is 11.8 Å². The minimum atomic E-state index is 0.696. The van der Waals surface area contributed by atoms with Crippen LogP contribution < -0.4 is 0 Å². The average molecular weight is 313 g/mol. The van der Waals surface area contributed by atoms with E-state index < -0.39 is 0 Å². The smallest absolute Gasteiger partial charge is 0.237 e. The fourth-order valence-corrected chi connectivity index (χ4v) is 2.35. The Balaban J connectivity index is 1.90. The van der Waals surface area contributed by atoms with E-state index in [1.54, 1.807) is 11.8 Å². The maximum atomic E-state index is 5.17. The number of hydrogen-bond acceptors (Lipinski definition) is 4. The molecule has 0 spiro atoms. The third-order valence-corrected chi connectivity index (χ3v) is 3.69. The summed E-state index contributed by atoms with van der Waals surface area (Å²) in [4.78, 5) is 5.52. The Morgan fingerprint density at radius 1 is 1.29 bits per heavy atom. The van der Waals surface area contributed by atoms with Gasteiger partial charge in [0.2, 0.25) is 5.89 Å². The van der Waals surface area contributed by atoms with Gasteiger partial charge < -0.3 is 4.52 Å². The minimum Gasteiger partial charge on any atom is -0.338 e. The molecule has 1 heterocycles. The highest BCUT2D eigenvalue weighted by molar-refractivity contribution is 9.10. The Bertz CT molecular complexity index is 470. The second-order valence-corrected chi connectivity index (χ2v) is 5.56. The molecular formula is C12H13BrN2OS. The Hall–Kier alpha value is -0.810. The van der Waals surface area contributed by atoms with Crippen molar-refractivity contribution in [2.75, 3.05) is 0 Å². The van der Waals surface area contributed by atoms with Gasteiger partial charge in [0, 0.05) is 15.8 Å². The summed E-state index contributed by atoms with van der Waals surface area (Å²) in [7, 11) is 0. The highest BCUT2D eigenvalue weighted by Gasteiger charge is 2.05. The maximum absolute atomic E-state index is 5.17. The molecule has 1 aromatic carbocycles. The molecule has 0 aliphatic rings. The van der Waals surface area contributed by atoms with E-state index >= 15 is 0 Å². The third-order valence-electron chi connectivity index (χ3n) is 2.16. The first-order valence-electron chi connectivity index (χ1n) is 5.47. The summed E-state index contributed by atoms with van der Waals surface area (Å²) in [5, 5.41) is 3.93. The predicted molar refractivity (Wildman–Crippen MR) is 72.0 cm³/mol. The van der Waals surface area contributed by atoms with Crippen molar-refractivity contribution in [2.45, 2.75) is 30.4 Å². The largest absolute Gasteiger partial charge is 0.338 e. The van der Waals surface area contributed by atoms with Crippen LogP contribution in [0.15, 0.2) is 38.2 Å². The van der Waals surface area contributed by atoms with E-state index in [4.69, 9.17) is 4.52 Å². The van der Waals surface area contributed by atoms with Crippen LogP contribution in [0.4, 0.5) is 0 Å². The predicted octanol–water partition coefficient (Wildman–Crippen LogP) is 4.08. The molecule has 0 aliphatic heterocycles. The Morgan fingerprint density at radius 2 is 2.06 bits per heavy atom. The molecule has 0 bridgehead atoms. The number of hydrogen-bond donors (Lipinski definition) is 0. The molecule has 0 radical (unpaired) electrons. The summed E-state index contributed by atoms with van der Waals surface area (Å²) in [6.07, 6.45) is 1.92. The molecule has 0 saturated carbocycles. The quantitative estimate of drug-likeness (QED) is 0.780. The number of thioether (sulfide) groups is 1. The lowest BCUT2D eigenvalue weighted by atomic mass is 10.3. The van der Waals surface area contributed by atoms with Crippen molar-refractivity contribution < 1.29 is 4.52 Å². The van der Waals surface area contributed by atoms with Gasteiger partial charge in [0.1, 0.15) is 0 Å². The van der Waals surface area contributed by atoms with E-state index in [0.29, 0.717) is 5.89 Å². The zero-order valence-electron chi connectivity index (χ0n) is 9.52. The zero-order valence-corrected chi connectivity index (χ0v) is 11.9. The van der Waals surface area contributed by atoms with Crippen molar-refractivity contribution in [3.05, 3.63) is 40.5 Å². The first kappa shape index (κ1) is 12.6. The topological polar surface area (TPSA) is 38.9 Å². The number of aromatic nitrogens is 2. The van der Waals surface area contributed by atoms with E-state index in [2.05, 4.69) is 45.1 Å². The Labute approximate surface area is 113 Å². The van der Waals surface area contributed by atoms with Crippen molar-refractivity contribution >= 4 is 27.7 Å². The maximum Gasteiger partial charge on any atom is 0.237 e.